The first kappa shape index (κ1) is 15.3. The number of epoxide rings is 1. The van der Waals surface area contributed by atoms with Gasteiger partial charge in [0, 0.05) is 5.57 Å². The van der Waals surface area contributed by atoms with Crippen molar-refractivity contribution in [3.63, 3.8) is 0 Å². The van der Waals surface area contributed by atoms with Crippen molar-refractivity contribution in [2.45, 2.75) is 38.9 Å². The zero-order chi connectivity index (χ0) is 15.1. The van der Waals surface area contributed by atoms with Gasteiger partial charge in [0.25, 0.3) is 0 Å². The Morgan fingerprint density at radius 2 is 2.10 bits per heavy atom. The van der Waals surface area contributed by atoms with Crippen LogP contribution in [0.15, 0.2) is 24.3 Å². The Hall–Kier alpha value is -1.13. The van der Waals surface area contributed by atoms with Crippen LogP contribution < -0.4 is 0 Å². The van der Waals surface area contributed by atoms with E-state index in [9.17, 15) is 9.90 Å². The second-order valence-corrected chi connectivity index (χ2v) is 6.57. The highest BCUT2D eigenvalue weighted by Crippen LogP contribution is 2.55. The lowest BCUT2D eigenvalue weighted by molar-refractivity contribution is -0.139. The fourth-order valence-electron chi connectivity index (χ4n) is 3.25. The number of aliphatic hydroxyl groups is 1. The van der Waals surface area contributed by atoms with Crippen LogP contribution in [0, 0.1) is 17.3 Å². The van der Waals surface area contributed by atoms with E-state index in [4.69, 9.17) is 9.47 Å². The summed E-state index contributed by atoms with van der Waals surface area (Å²) in [5, 5.41) is 10.3. The highest BCUT2D eigenvalue weighted by molar-refractivity contribution is 5.88. The molecule has 0 aromatic rings. The quantitative estimate of drug-likeness (QED) is 0.350. The summed E-state index contributed by atoms with van der Waals surface area (Å²) in [4.78, 5) is 11.6. The third-order valence-corrected chi connectivity index (χ3v) is 4.78. The van der Waals surface area contributed by atoms with Gasteiger partial charge >= 0.3 is 5.97 Å². The van der Waals surface area contributed by atoms with E-state index in [0.717, 1.165) is 12.0 Å². The summed E-state index contributed by atoms with van der Waals surface area (Å²) in [6.45, 7) is 12.7. The van der Waals surface area contributed by atoms with Crippen molar-refractivity contribution in [2.75, 3.05) is 13.7 Å². The van der Waals surface area contributed by atoms with Crippen LogP contribution in [-0.2, 0) is 14.3 Å². The van der Waals surface area contributed by atoms with Crippen molar-refractivity contribution < 1.29 is 19.4 Å². The maximum atomic E-state index is 11.6. The Bertz CT molecular complexity index is 434. The molecule has 4 heteroatoms. The van der Waals surface area contributed by atoms with Crippen LogP contribution in [0.2, 0.25) is 0 Å². The number of rotatable bonds is 6. The van der Waals surface area contributed by atoms with Crippen molar-refractivity contribution in [2.24, 2.45) is 17.3 Å². The number of carbonyl (C=O) groups excluding carboxylic acids is 1. The van der Waals surface area contributed by atoms with Crippen LogP contribution in [0.3, 0.4) is 0 Å². The topological polar surface area (TPSA) is 59.1 Å². The van der Waals surface area contributed by atoms with Crippen LogP contribution in [-0.4, -0.2) is 37.0 Å². The molecule has 0 aromatic carbocycles. The molecule has 2 fully saturated rings. The van der Waals surface area contributed by atoms with Crippen molar-refractivity contribution >= 4 is 5.97 Å². The minimum atomic E-state index is -0.583. The summed E-state index contributed by atoms with van der Waals surface area (Å²) in [6, 6.07) is 0. The van der Waals surface area contributed by atoms with Crippen molar-refractivity contribution in [1.82, 2.24) is 0 Å². The molecule has 0 radical (unpaired) electrons. The first-order valence-corrected chi connectivity index (χ1v) is 7.03. The zero-order valence-electron chi connectivity index (χ0n) is 12.5. The Morgan fingerprint density at radius 1 is 1.50 bits per heavy atom. The second kappa shape index (κ2) is 5.34. The summed E-state index contributed by atoms with van der Waals surface area (Å²) < 4.78 is 9.90. The number of hydrogen-bond acceptors (Lipinski definition) is 4. The van der Waals surface area contributed by atoms with Crippen molar-refractivity contribution in [3.05, 3.63) is 24.3 Å². The lowest BCUT2D eigenvalue weighted by Gasteiger charge is -2.52. The van der Waals surface area contributed by atoms with Gasteiger partial charge in [0.15, 0.2) is 0 Å². The molecule has 1 saturated carbocycles. The van der Waals surface area contributed by atoms with Crippen molar-refractivity contribution in [3.8, 4) is 0 Å². The predicted octanol–water partition coefficient (Wildman–Crippen LogP) is 2.08. The molecule has 2 aliphatic rings. The molecule has 1 aliphatic heterocycles. The molecule has 2 rings (SSSR count). The first-order valence-electron chi connectivity index (χ1n) is 7.03. The molecule has 4 nitrogen and oxygen atoms in total. The molecule has 4 atom stereocenters. The maximum absolute atomic E-state index is 11.6. The van der Waals surface area contributed by atoms with Gasteiger partial charge in [-0.15, -0.1) is 0 Å². The number of hydrogen-bond donors (Lipinski definition) is 1. The summed E-state index contributed by atoms with van der Waals surface area (Å²) in [7, 11) is 1.37. The minimum Gasteiger partial charge on any atom is -0.466 e. The molecule has 0 spiro atoms. The minimum absolute atomic E-state index is 0.00967. The Balaban J connectivity index is 2.00. The third kappa shape index (κ3) is 2.81. The fourth-order valence-corrected chi connectivity index (χ4v) is 3.25. The fraction of sp³-hybridized carbons (Fsp3) is 0.688. The molecule has 20 heavy (non-hydrogen) atoms. The van der Waals surface area contributed by atoms with Crippen LogP contribution in [0.4, 0.5) is 0 Å². The van der Waals surface area contributed by atoms with E-state index in [1.54, 1.807) is 0 Å². The number of carbonyl (C=O) groups is 1. The molecule has 0 unspecified atom stereocenters. The molecule has 1 N–H and O–H groups in total. The lowest BCUT2D eigenvalue weighted by atomic mass is 9.52. The molecular weight excluding hydrogens is 256 g/mol. The highest BCUT2D eigenvalue weighted by atomic mass is 16.6. The van der Waals surface area contributed by atoms with E-state index < -0.39 is 6.10 Å². The van der Waals surface area contributed by atoms with Gasteiger partial charge in [0.1, 0.15) is 6.10 Å². The number of aliphatic hydroxyl groups excluding tert-OH is 1. The summed E-state index contributed by atoms with van der Waals surface area (Å²) >= 11 is 0. The third-order valence-electron chi connectivity index (χ3n) is 4.78. The van der Waals surface area contributed by atoms with Crippen LogP contribution in [0.1, 0.15) is 26.7 Å². The SMILES string of the molecule is C=C(C(=O)OC)[C@H]1CC(C)(C)[C@H]1C[C@H](O)C(=C)[C@H]1CO1. The van der Waals surface area contributed by atoms with E-state index in [0.29, 0.717) is 18.6 Å². The maximum Gasteiger partial charge on any atom is 0.333 e. The van der Waals surface area contributed by atoms with Crippen LogP contribution >= 0.6 is 0 Å². The normalized spacial score (nSPS) is 31.9. The highest BCUT2D eigenvalue weighted by Gasteiger charge is 2.50. The van der Waals surface area contributed by atoms with Gasteiger partial charge in [0.2, 0.25) is 0 Å². The second-order valence-electron chi connectivity index (χ2n) is 6.57. The number of esters is 1. The number of ether oxygens (including phenoxy) is 2. The molecule has 112 valence electrons. The van der Waals surface area contributed by atoms with Crippen molar-refractivity contribution in [1.29, 1.82) is 0 Å². The lowest BCUT2D eigenvalue weighted by Crippen LogP contribution is -2.47. The molecule has 1 heterocycles. The zero-order valence-corrected chi connectivity index (χ0v) is 12.5. The first-order chi connectivity index (χ1) is 9.27. The summed E-state index contributed by atoms with van der Waals surface area (Å²) in [5.41, 5.74) is 1.35. The number of methoxy groups -OCH3 is 1. The molecule has 0 amide bonds. The molecule has 1 aliphatic carbocycles. The Labute approximate surface area is 120 Å². The standard InChI is InChI=1S/C16H24O4/c1-9(15(18)19-5)11-7-16(3,4)12(11)6-13(17)10(2)14-8-20-14/h11-14,17H,1-2,6-8H2,3-5H3/t11-,12+,13+,14-/m1/s1. The molecule has 0 bridgehead atoms. The van der Waals surface area contributed by atoms with E-state index in [1.807, 2.05) is 0 Å². The summed E-state index contributed by atoms with van der Waals surface area (Å²) in [5.74, 6) is -0.0611. The summed E-state index contributed by atoms with van der Waals surface area (Å²) in [6.07, 6.45) is 0.910. The Kier molecular flexibility index (Phi) is 4.07. The van der Waals surface area contributed by atoms with Gasteiger partial charge in [-0.05, 0) is 35.7 Å². The monoisotopic (exact) mass is 280 g/mol. The molecular formula is C16H24O4. The van der Waals surface area contributed by atoms with Gasteiger partial charge in [-0.2, -0.15) is 0 Å². The van der Waals surface area contributed by atoms with E-state index in [1.165, 1.54) is 7.11 Å². The van der Waals surface area contributed by atoms with E-state index in [2.05, 4.69) is 27.0 Å². The van der Waals surface area contributed by atoms with Gasteiger partial charge in [0.05, 0.1) is 19.8 Å². The van der Waals surface area contributed by atoms with Gasteiger partial charge in [-0.1, -0.05) is 27.0 Å². The van der Waals surface area contributed by atoms with E-state index in [-0.39, 0.29) is 29.3 Å². The molecule has 1 saturated heterocycles. The largest absolute Gasteiger partial charge is 0.466 e. The predicted molar refractivity (Wildman–Crippen MR) is 76.0 cm³/mol. The average Bonchev–Trinajstić information content (AvgIpc) is 3.24. The van der Waals surface area contributed by atoms with Gasteiger partial charge in [-0.25, -0.2) is 4.79 Å². The van der Waals surface area contributed by atoms with Crippen LogP contribution in [0.5, 0.6) is 0 Å². The van der Waals surface area contributed by atoms with Gasteiger partial charge < -0.3 is 14.6 Å². The van der Waals surface area contributed by atoms with Gasteiger partial charge in [-0.3, -0.25) is 0 Å². The van der Waals surface area contributed by atoms with Crippen LogP contribution in [0.25, 0.3) is 0 Å². The smallest absolute Gasteiger partial charge is 0.333 e. The molecule has 0 aromatic heterocycles. The Morgan fingerprint density at radius 3 is 2.55 bits per heavy atom. The van der Waals surface area contributed by atoms with E-state index >= 15 is 0 Å². The average molecular weight is 280 g/mol.